The van der Waals surface area contributed by atoms with Crippen LogP contribution >= 0.6 is 0 Å². The summed E-state index contributed by atoms with van der Waals surface area (Å²) >= 11 is 0. The molecule has 1 aliphatic rings. The predicted octanol–water partition coefficient (Wildman–Crippen LogP) is 2.24. The Bertz CT molecular complexity index is 437. The van der Waals surface area contributed by atoms with E-state index in [0.29, 0.717) is 17.6 Å². The lowest BCUT2D eigenvalue weighted by molar-refractivity contribution is 0.0264. The van der Waals surface area contributed by atoms with Gasteiger partial charge in [0.2, 0.25) is 0 Å². The maximum absolute atomic E-state index is 14.1. The second-order valence-electron chi connectivity index (χ2n) is 6.14. The Kier molecular flexibility index (Phi) is 4.78. The summed E-state index contributed by atoms with van der Waals surface area (Å²) in [6.45, 7) is 8.22. The maximum atomic E-state index is 14.1. The molecule has 20 heavy (non-hydrogen) atoms. The first-order valence-corrected chi connectivity index (χ1v) is 7.37. The summed E-state index contributed by atoms with van der Waals surface area (Å²) in [6.07, 6.45) is 0. The van der Waals surface area contributed by atoms with Gasteiger partial charge in [0.05, 0.1) is 6.04 Å². The van der Waals surface area contributed by atoms with Crippen molar-refractivity contribution in [2.45, 2.75) is 44.9 Å². The summed E-state index contributed by atoms with van der Waals surface area (Å²) in [7, 11) is 2.15. The van der Waals surface area contributed by atoms with E-state index < -0.39 is 0 Å². The van der Waals surface area contributed by atoms with Gasteiger partial charge in [0.1, 0.15) is 5.82 Å². The fourth-order valence-corrected chi connectivity index (χ4v) is 3.20. The molecule has 0 aliphatic carbocycles. The Morgan fingerprint density at radius 1 is 1.20 bits per heavy atom. The molecule has 0 spiro atoms. The summed E-state index contributed by atoms with van der Waals surface area (Å²) in [6, 6.07) is 7.73. The standard InChI is InChI=1S/C16H26FN3/c1-11-9-20(10-12(2)19(11)4)16(13(3)18)14-7-5-6-8-15(14)17/h5-8,11-13,16H,9-10,18H2,1-4H3. The summed E-state index contributed by atoms with van der Waals surface area (Å²) in [5, 5.41) is 0. The van der Waals surface area contributed by atoms with E-state index in [4.69, 9.17) is 5.73 Å². The Labute approximate surface area is 121 Å². The molecule has 3 nitrogen and oxygen atoms in total. The van der Waals surface area contributed by atoms with Crippen molar-refractivity contribution >= 4 is 0 Å². The molecular weight excluding hydrogens is 253 g/mol. The molecule has 4 atom stereocenters. The number of halogens is 1. The number of hydrogen-bond donors (Lipinski definition) is 1. The lowest BCUT2D eigenvalue weighted by Gasteiger charge is -2.46. The minimum absolute atomic E-state index is 0.0604. The van der Waals surface area contributed by atoms with Crippen LogP contribution in [0.2, 0.25) is 0 Å². The summed E-state index contributed by atoms with van der Waals surface area (Å²) in [5.41, 5.74) is 6.89. The smallest absolute Gasteiger partial charge is 0.128 e. The minimum atomic E-state index is -0.158. The zero-order valence-corrected chi connectivity index (χ0v) is 12.9. The molecule has 4 unspecified atom stereocenters. The van der Waals surface area contributed by atoms with Crippen LogP contribution in [-0.4, -0.2) is 48.1 Å². The molecule has 0 radical (unpaired) electrons. The first-order chi connectivity index (χ1) is 9.41. The molecule has 112 valence electrons. The van der Waals surface area contributed by atoms with E-state index in [2.05, 4.69) is 30.7 Å². The molecule has 0 amide bonds. The second-order valence-corrected chi connectivity index (χ2v) is 6.14. The monoisotopic (exact) mass is 279 g/mol. The molecule has 1 aromatic carbocycles. The SMILES string of the molecule is CC(N)C(c1ccccc1F)N1CC(C)N(C)C(C)C1. The van der Waals surface area contributed by atoms with Crippen LogP contribution < -0.4 is 5.73 Å². The topological polar surface area (TPSA) is 32.5 Å². The fraction of sp³-hybridized carbons (Fsp3) is 0.625. The maximum Gasteiger partial charge on any atom is 0.128 e. The molecule has 2 N–H and O–H groups in total. The number of rotatable bonds is 3. The Morgan fingerprint density at radius 3 is 2.25 bits per heavy atom. The zero-order chi connectivity index (χ0) is 14.9. The Hall–Kier alpha value is -0.970. The molecule has 0 aromatic heterocycles. The lowest BCUT2D eigenvalue weighted by Crippen LogP contribution is -2.57. The van der Waals surface area contributed by atoms with Crippen molar-refractivity contribution in [1.29, 1.82) is 0 Å². The number of benzene rings is 1. The molecule has 0 bridgehead atoms. The van der Waals surface area contributed by atoms with Crippen LogP contribution in [0.15, 0.2) is 24.3 Å². The van der Waals surface area contributed by atoms with Crippen molar-refractivity contribution in [3.63, 3.8) is 0 Å². The fourth-order valence-electron chi connectivity index (χ4n) is 3.20. The Balaban J connectivity index is 2.28. The molecule has 1 fully saturated rings. The van der Waals surface area contributed by atoms with E-state index in [1.807, 2.05) is 19.1 Å². The van der Waals surface area contributed by atoms with Crippen LogP contribution in [0.3, 0.4) is 0 Å². The van der Waals surface area contributed by atoms with Gasteiger partial charge in [0.25, 0.3) is 0 Å². The highest BCUT2D eigenvalue weighted by Crippen LogP contribution is 2.29. The van der Waals surface area contributed by atoms with Crippen molar-refractivity contribution in [2.75, 3.05) is 20.1 Å². The first kappa shape index (κ1) is 15.4. The van der Waals surface area contributed by atoms with E-state index in [-0.39, 0.29) is 17.9 Å². The van der Waals surface area contributed by atoms with Gasteiger partial charge in [-0.3, -0.25) is 9.80 Å². The molecule has 2 rings (SSSR count). The van der Waals surface area contributed by atoms with Crippen molar-refractivity contribution in [3.8, 4) is 0 Å². The van der Waals surface area contributed by atoms with Gasteiger partial charge < -0.3 is 5.73 Å². The number of piperazine rings is 1. The van der Waals surface area contributed by atoms with Gasteiger partial charge in [-0.05, 0) is 33.9 Å². The van der Waals surface area contributed by atoms with Gasteiger partial charge in [-0.1, -0.05) is 18.2 Å². The van der Waals surface area contributed by atoms with Crippen LogP contribution in [0.1, 0.15) is 32.4 Å². The zero-order valence-electron chi connectivity index (χ0n) is 12.9. The van der Waals surface area contributed by atoms with Crippen molar-refractivity contribution < 1.29 is 4.39 Å². The molecule has 4 heteroatoms. The third kappa shape index (κ3) is 3.03. The third-order valence-electron chi connectivity index (χ3n) is 4.50. The molecule has 1 aliphatic heterocycles. The minimum Gasteiger partial charge on any atom is -0.326 e. The second kappa shape index (κ2) is 6.20. The van der Waals surface area contributed by atoms with Crippen LogP contribution in [0.4, 0.5) is 4.39 Å². The average molecular weight is 279 g/mol. The number of hydrogen-bond acceptors (Lipinski definition) is 3. The van der Waals surface area contributed by atoms with Gasteiger partial charge in [0, 0.05) is 36.8 Å². The molecule has 1 aromatic rings. The summed E-state index contributed by atoms with van der Waals surface area (Å²) in [5.74, 6) is -0.158. The largest absolute Gasteiger partial charge is 0.326 e. The van der Waals surface area contributed by atoms with Gasteiger partial charge in [-0.2, -0.15) is 0 Å². The van der Waals surface area contributed by atoms with Crippen molar-refractivity contribution in [1.82, 2.24) is 9.80 Å². The van der Waals surface area contributed by atoms with E-state index in [1.165, 1.54) is 6.07 Å². The third-order valence-corrected chi connectivity index (χ3v) is 4.50. The summed E-state index contributed by atoms with van der Waals surface area (Å²) < 4.78 is 14.1. The average Bonchev–Trinajstić information content (AvgIpc) is 2.38. The van der Waals surface area contributed by atoms with E-state index in [0.717, 1.165) is 13.1 Å². The van der Waals surface area contributed by atoms with E-state index in [1.54, 1.807) is 6.07 Å². The molecular formula is C16H26FN3. The van der Waals surface area contributed by atoms with Gasteiger partial charge >= 0.3 is 0 Å². The van der Waals surface area contributed by atoms with E-state index in [9.17, 15) is 4.39 Å². The number of nitrogens with zero attached hydrogens (tertiary/aromatic N) is 2. The van der Waals surface area contributed by atoms with Crippen molar-refractivity contribution in [3.05, 3.63) is 35.6 Å². The van der Waals surface area contributed by atoms with Gasteiger partial charge in [0.15, 0.2) is 0 Å². The van der Waals surface area contributed by atoms with Crippen molar-refractivity contribution in [2.24, 2.45) is 5.73 Å². The highest BCUT2D eigenvalue weighted by atomic mass is 19.1. The highest BCUT2D eigenvalue weighted by molar-refractivity contribution is 5.23. The Morgan fingerprint density at radius 2 is 1.75 bits per heavy atom. The highest BCUT2D eigenvalue weighted by Gasteiger charge is 2.34. The van der Waals surface area contributed by atoms with E-state index >= 15 is 0 Å². The van der Waals surface area contributed by atoms with Gasteiger partial charge in [-0.25, -0.2) is 4.39 Å². The molecule has 1 heterocycles. The predicted molar refractivity (Wildman–Crippen MR) is 81.1 cm³/mol. The van der Waals surface area contributed by atoms with Crippen LogP contribution in [0, 0.1) is 5.82 Å². The number of likely N-dealkylation sites (N-methyl/N-ethyl adjacent to an activating group) is 1. The normalized spacial score (nSPS) is 28.3. The summed E-state index contributed by atoms with van der Waals surface area (Å²) in [4.78, 5) is 4.70. The van der Waals surface area contributed by atoms with Crippen LogP contribution in [-0.2, 0) is 0 Å². The van der Waals surface area contributed by atoms with Gasteiger partial charge in [-0.15, -0.1) is 0 Å². The molecule has 1 saturated heterocycles. The lowest BCUT2D eigenvalue weighted by atomic mass is 9.95. The first-order valence-electron chi connectivity index (χ1n) is 7.37. The quantitative estimate of drug-likeness (QED) is 0.921. The number of nitrogens with two attached hydrogens (primary N) is 1. The van der Waals surface area contributed by atoms with Crippen LogP contribution in [0.5, 0.6) is 0 Å². The molecule has 0 saturated carbocycles. The van der Waals surface area contributed by atoms with Crippen LogP contribution in [0.25, 0.3) is 0 Å².